The predicted molar refractivity (Wildman–Crippen MR) is 187 cm³/mol. The summed E-state index contributed by atoms with van der Waals surface area (Å²) in [7, 11) is 1.85. The summed E-state index contributed by atoms with van der Waals surface area (Å²) in [5.41, 5.74) is 14.0. The van der Waals surface area contributed by atoms with Gasteiger partial charge < -0.3 is 20.1 Å². The Labute approximate surface area is 270 Å². The molecule has 46 heavy (non-hydrogen) atoms. The zero-order valence-electron chi connectivity index (χ0n) is 26.3. The fraction of sp³-hybridized carbons (Fsp3) is 0.205. The minimum atomic E-state index is 0.0734. The largest absolute Gasteiger partial charge is 0.384 e. The third-order valence-corrected chi connectivity index (χ3v) is 8.60. The number of amides is 1. The van der Waals surface area contributed by atoms with Crippen LogP contribution in [0.1, 0.15) is 40.9 Å². The number of nitrogens with zero attached hydrogens (tertiary/aromatic N) is 4. The highest BCUT2D eigenvalue weighted by molar-refractivity contribution is 5.95. The molecule has 7 nitrogen and oxygen atoms in total. The Morgan fingerprint density at radius 1 is 0.848 bits per heavy atom. The second kappa shape index (κ2) is 14.1. The summed E-state index contributed by atoms with van der Waals surface area (Å²) < 4.78 is 2.28. The summed E-state index contributed by atoms with van der Waals surface area (Å²) in [6, 6.07) is 34.9. The van der Waals surface area contributed by atoms with Crippen molar-refractivity contribution in [2.24, 2.45) is 5.73 Å². The summed E-state index contributed by atoms with van der Waals surface area (Å²) in [6.07, 6.45) is 9.22. The van der Waals surface area contributed by atoms with E-state index in [4.69, 9.17) is 16.1 Å². The molecule has 1 aliphatic heterocycles. The molecule has 0 spiro atoms. The topological polar surface area (TPSA) is 91.2 Å². The van der Waals surface area contributed by atoms with Crippen LogP contribution in [0.5, 0.6) is 0 Å². The van der Waals surface area contributed by atoms with Crippen LogP contribution < -0.4 is 10.6 Å². The number of carbonyl (C=O) groups excluding carboxylic acids is 1. The van der Waals surface area contributed by atoms with Gasteiger partial charge >= 0.3 is 0 Å². The average Bonchev–Trinajstić information content (AvgIpc) is 3.43. The molecule has 2 heterocycles. The van der Waals surface area contributed by atoms with Gasteiger partial charge in [0.25, 0.3) is 0 Å². The van der Waals surface area contributed by atoms with Crippen molar-refractivity contribution in [3.8, 4) is 0 Å². The molecule has 3 N–H and O–H groups in total. The molecule has 0 saturated heterocycles. The molecule has 0 unspecified atom stereocenters. The van der Waals surface area contributed by atoms with Crippen LogP contribution in [0.2, 0.25) is 0 Å². The van der Waals surface area contributed by atoms with E-state index in [9.17, 15) is 4.79 Å². The summed E-state index contributed by atoms with van der Waals surface area (Å²) in [5, 5.41) is 7.65. The number of allylic oxidation sites excluding steroid dienone is 2. The van der Waals surface area contributed by atoms with Gasteiger partial charge in [-0.25, -0.2) is 4.98 Å². The van der Waals surface area contributed by atoms with Crippen molar-refractivity contribution in [3.05, 3.63) is 155 Å². The normalized spacial score (nSPS) is 12.7. The van der Waals surface area contributed by atoms with Gasteiger partial charge in [0, 0.05) is 50.8 Å². The van der Waals surface area contributed by atoms with Crippen molar-refractivity contribution in [1.29, 1.82) is 5.41 Å². The number of benzene rings is 4. The molecule has 1 amide bonds. The third-order valence-electron chi connectivity index (χ3n) is 8.60. The predicted octanol–water partition coefficient (Wildman–Crippen LogP) is 6.85. The second-order valence-corrected chi connectivity index (χ2v) is 11.8. The lowest BCUT2D eigenvalue weighted by molar-refractivity contribution is -0.118. The molecular formula is C39H40N6O. The molecule has 0 aliphatic carbocycles. The van der Waals surface area contributed by atoms with Crippen molar-refractivity contribution in [1.82, 2.24) is 14.5 Å². The van der Waals surface area contributed by atoms with E-state index < -0.39 is 0 Å². The average molecular weight is 609 g/mol. The van der Waals surface area contributed by atoms with Gasteiger partial charge in [0.05, 0.1) is 11.0 Å². The minimum absolute atomic E-state index is 0.0734. The van der Waals surface area contributed by atoms with E-state index in [0.717, 1.165) is 60.6 Å². The van der Waals surface area contributed by atoms with Gasteiger partial charge in [0.1, 0.15) is 11.7 Å². The van der Waals surface area contributed by atoms with Crippen LogP contribution in [0.25, 0.3) is 11.0 Å². The number of nitrogens with one attached hydrogen (secondary N) is 1. The van der Waals surface area contributed by atoms with Crippen molar-refractivity contribution >= 4 is 28.5 Å². The minimum Gasteiger partial charge on any atom is -0.384 e. The first-order chi connectivity index (χ1) is 22.4. The van der Waals surface area contributed by atoms with E-state index in [1.807, 2.05) is 55.6 Å². The maximum atomic E-state index is 13.3. The molecular weight excluding hydrogens is 568 g/mol. The van der Waals surface area contributed by atoms with Crippen LogP contribution in [-0.4, -0.2) is 39.8 Å². The zero-order valence-corrected chi connectivity index (χ0v) is 26.3. The number of amidine groups is 1. The molecule has 0 bridgehead atoms. The van der Waals surface area contributed by atoms with Gasteiger partial charge in [0.15, 0.2) is 0 Å². The van der Waals surface area contributed by atoms with Crippen LogP contribution in [0, 0.1) is 5.41 Å². The van der Waals surface area contributed by atoms with Crippen LogP contribution in [0.15, 0.2) is 127 Å². The molecule has 1 aromatic heterocycles. The Hall–Kier alpha value is -5.43. The SMILES string of the molecule is CN(C(=O)CCC1=CCN(Cc2ccccc2)C=C1)c1ccc2c(c1)nc(CCc1ccc(C(=N)N)cc1)n2Cc1ccccc1. The number of imidazole rings is 1. The number of fused-ring (bicyclic) bond motifs is 1. The van der Waals surface area contributed by atoms with Crippen LogP contribution in [0.3, 0.4) is 0 Å². The molecule has 0 atom stereocenters. The number of aromatic nitrogens is 2. The summed E-state index contributed by atoms with van der Waals surface area (Å²) in [4.78, 5) is 22.4. The number of rotatable bonds is 12. The standard InChI is InChI=1S/C39H40N6O/c1-43(38(46)21-15-30-22-24-44(25-23-30)27-31-8-4-2-5-9-31)34-18-19-36-35(26-34)42-37(45(36)28-32-10-6-3-7-11-32)20-14-29-12-16-33(17-13-29)39(40)41/h2-13,16-19,22-24,26H,14-15,20-21,25,27-28H2,1H3,(H3,40,41). The van der Waals surface area contributed by atoms with E-state index in [1.54, 1.807) is 4.90 Å². The molecule has 7 heteroatoms. The smallest absolute Gasteiger partial charge is 0.227 e. The molecule has 0 saturated carbocycles. The first kappa shape index (κ1) is 30.6. The van der Waals surface area contributed by atoms with Gasteiger partial charge in [0.2, 0.25) is 5.91 Å². The summed E-state index contributed by atoms with van der Waals surface area (Å²) in [5.74, 6) is 1.15. The highest BCUT2D eigenvalue weighted by Crippen LogP contribution is 2.26. The summed E-state index contributed by atoms with van der Waals surface area (Å²) >= 11 is 0. The lowest BCUT2D eigenvalue weighted by Gasteiger charge is -2.23. The van der Waals surface area contributed by atoms with E-state index >= 15 is 0 Å². The van der Waals surface area contributed by atoms with E-state index in [1.165, 1.54) is 22.3 Å². The first-order valence-electron chi connectivity index (χ1n) is 15.8. The van der Waals surface area contributed by atoms with E-state index in [0.29, 0.717) is 12.8 Å². The number of carbonyl (C=O) groups is 1. The van der Waals surface area contributed by atoms with Crippen molar-refractivity contribution in [2.45, 2.75) is 38.8 Å². The van der Waals surface area contributed by atoms with Crippen molar-refractivity contribution in [2.75, 3.05) is 18.5 Å². The lowest BCUT2D eigenvalue weighted by Crippen LogP contribution is -2.26. The molecule has 0 radical (unpaired) electrons. The zero-order chi connectivity index (χ0) is 31.9. The summed E-state index contributed by atoms with van der Waals surface area (Å²) in [6.45, 7) is 2.44. The fourth-order valence-electron chi connectivity index (χ4n) is 5.87. The number of aryl methyl sites for hydroxylation is 2. The monoisotopic (exact) mass is 608 g/mol. The Balaban J connectivity index is 1.13. The molecule has 4 aromatic carbocycles. The number of nitrogens with two attached hydrogens (primary N) is 1. The van der Waals surface area contributed by atoms with E-state index in [2.05, 4.69) is 82.4 Å². The molecule has 1 aliphatic rings. The van der Waals surface area contributed by atoms with E-state index in [-0.39, 0.29) is 11.7 Å². The van der Waals surface area contributed by atoms with Gasteiger partial charge in [-0.05, 0) is 65.6 Å². The van der Waals surface area contributed by atoms with Crippen LogP contribution >= 0.6 is 0 Å². The van der Waals surface area contributed by atoms with Gasteiger partial charge in [-0.3, -0.25) is 10.2 Å². The highest BCUT2D eigenvalue weighted by Gasteiger charge is 2.17. The Kier molecular flexibility index (Phi) is 9.39. The van der Waals surface area contributed by atoms with Gasteiger partial charge in [-0.1, -0.05) is 91.0 Å². The molecule has 5 aromatic rings. The molecule has 232 valence electrons. The van der Waals surface area contributed by atoms with Crippen molar-refractivity contribution in [3.63, 3.8) is 0 Å². The second-order valence-electron chi connectivity index (χ2n) is 11.8. The van der Waals surface area contributed by atoms with Gasteiger partial charge in [-0.2, -0.15) is 0 Å². The Morgan fingerprint density at radius 2 is 1.54 bits per heavy atom. The molecule has 6 rings (SSSR count). The maximum Gasteiger partial charge on any atom is 0.227 e. The van der Waals surface area contributed by atoms with Crippen LogP contribution in [-0.2, 0) is 30.7 Å². The highest BCUT2D eigenvalue weighted by atomic mass is 16.2. The Morgan fingerprint density at radius 3 is 2.20 bits per heavy atom. The number of nitrogen functional groups attached to an aromatic ring is 1. The lowest BCUT2D eigenvalue weighted by atomic mass is 10.1. The van der Waals surface area contributed by atoms with Crippen LogP contribution in [0.4, 0.5) is 5.69 Å². The maximum absolute atomic E-state index is 13.3. The van der Waals surface area contributed by atoms with Crippen molar-refractivity contribution < 1.29 is 4.79 Å². The number of hydrogen-bond donors (Lipinski definition) is 2. The number of anilines is 1. The number of hydrogen-bond acceptors (Lipinski definition) is 4. The Bertz CT molecular complexity index is 1870. The van der Waals surface area contributed by atoms with Gasteiger partial charge in [-0.15, -0.1) is 0 Å². The quantitative estimate of drug-likeness (QED) is 0.120. The molecule has 0 fully saturated rings. The third kappa shape index (κ3) is 7.44. The fourth-order valence-corrected chi connectivity index (χ4v) is 5.87. The first-order valence-corrected chi connectivity index (χ1v) is 15.8.